The highest BCUT2D eigenvalue weighted by molar-refractivity contribution is 9.10. The summed E-state index contributed by atoms with van der Waals surface area (Å²) in [5, 5.41) is 0.555. The van der Waals surface area contributed by atoms with Gasteiger partial charge in [0.2, 0.25) is 11.8 Å². The Hall–Kier alpha value is -1.65. The van der Waals surface area contributed by atoms with E-state index < -0.39 is 0 Å². The Kier molecular flexibility index (Phi) is 4.55. The molecule has 0 unspecified atom stereocenters. The lowest BCUT2D eigenvalue weighted by atomic mass is 9.98. The van der Waals surface area contributed by atoms with E-state index in [1.165, 1.54) is 4.90 Å². The van der Waals surface area contributed by atoms with E-state index in [0.717, 1.165) is 15.6 Å². The Morgan fingerprint density at radius 2 is 1.87 bits per heavy atom. The van der Waals surface area contributed by atoms with Gasteiger partial charge in [0.15, 0.2) is 0 Å². The molecule has 1 fully saturated rings. The van der Waals surface area contributed by atoms with Crippen molar-refractivity contribution in [1.82, 2.24) is 0 Å². The van der Waals surface area contributed by atoms with Crippen molar-refractivity contribution in [3.05, 3.63) is 63.1 Å². The van der Waals surface area contributed by atoms with E-state index in [-0.39, 0.29) is 24.2 Å². The molecule has 3 rings (SSSR count). The molecule has 3 nitrogen and oxygen atoms in total. The Balaban J connectivity index is 1.85. The van der Waals surface area contributed by atoms with Crippen LogP contribution in [0, 0.1) is 12.8 Å². The van der Waals surface area contributed by atoms with Crippen molar-refractivity contribution in [3.8, 4) is 0 Å². The average Bonchev–Trinajstić information content (AvgIpc) is 2.79. The van der Waals surface area contributed by atoms with Crippen LogP contribution in [0.4, 0.5) is 5.69 Å². The summed E-state index contributed by atoms with van der Waals surface area (Å²) in [5.74, 6) is -0.632. The molecule has 2 amide bonds. The van der Waals surface area contributed by atoms with Gasteiger partial charge in [0, 0.05) is 15.9 Å². The molecule has 1 heterocycles. The van der Waals surface area contributed by atoms with Crippen LogP contribution in [0.5, 0.6) is 0 Å². The second-order valence-corrected chi connectivity index (χ2v) is 7.01. The Morgan fingerprint density at radius 1 is 1.17 bits per heavy atom. The fourth-order valence-corrected chi connectivity index (χ4v) is 3.28. The van der Waals surface area contributed by atoms with E-state index in [1.54, 1.807) is 18.2 Å². The molecule has 5 heteroatoms. The van der Waals surface area contributed by atoms with Gasteiger partial charge in [-0.05, 0) is 48.7 Å². The standard InChI is InChI=1S/C18H15BrClNO2/c1-11-15(20)3-2-4-16(11)21-17(22)10-13(18(21)23)9-12-5-7-14(19)8-6-12/h2-8,13H,9-10H2,1H3/t13-/m0/s1. The van der Waals surface area contributed by atoms with Gasteiger partial charge in [0.05, 0.1) is 11.6 Å². The minimum Gasteiger partial charge on any atom is -0.274 e. The highest BCUT2D eigenvalue weighted by Crippen LogP contribution is 2.33. The number of benzene rings is 2. The first-order chi connectivity index (χ1) is 11.0. The van der Waals surface area contributed by atoms with Crippen LogP contribution in [0.1, 0.15) is 17.5 Å². The molecule has 0 aliphatic carbocycles. The van der Waals surface area contributed by atoms with Gasteiger partial charge in [-0.2, -0.15) is 0 Å². The van der Waals surface area contributed by atoms with Crippen molar-refractivity contribution in [1.29, 1.82) is 0 Å². The van der Waals surface area contributed by atoms with Crippen LogP contribution >= 0.6 is 27.5 Å². The largest absolute Gasteiger partial charge is 0.274 e. The SMILES string of the molecule is Cc1c(Cl)cccc1N1C(=O)C[C@H](Cc2ccc(Br)cc2)C1=O. The summed E-state index contributed by atoms with van der Waals surface area (Å²) in [7, 11) is 0. The molecule has 2 aromatic carbocycles. The number of hydrogen-bond donors (Lipinski definition) is 0. The van der Waals surface area contributed by atoms with Gasteiger partial charge in [-0.3, -0.25) is 9.59 Å². The highest BCUT2D eigenvalue weighted by atomic mass is 79.9. The monoisotopic (exact) mass is 391 g/mol. The Morgan fingerprint density at radius 3 is 2.57 bits per heavy atom. The first-order valence-electron chi connectivity index (χ1n) is 7.33. The van der Waals surface area contributed by atoms with E-state index in [0.29, 0.717) is 17.1 Å². The van der Waals surface area contributed by atoms with Crippen LogP contribution < -0.4 is 4.90 Å². The molecule has 0 spiro atoms. The molecule has 23 heavy (non-hydrogen) atoms. The number of imide groups is 1. The van der Waals surface area contributed by atoms with Crippen molar-refractivity contribution in [2.75, 3.05) is 4.90 Å². The smallest absolute Gasteiger partial charge is 0.237 e. The normalized spacial score (nSPS) is 17.9. The quantitative estimate of drug-likeness (QED) is 0.720. The summed E-state index contributed by atoms with van der Waals surface area (Å²) < 4.78 is 0.992. The summed E-state index contributed by atoms with van der Waals surface area (Å²) in [4.78, 5) is 26.3. The van der Waals surface area contributed by atoms with E-state index in [4.69, 9.17) is 11.6 Å². The van der Waals surface area contributed by atoms with Crippen molar-refractivity contribution < 1.29 is 9.59 Å². The summed E-state index contributed by atoms with van der Waals surface area (Å²) in [6, 6.07) is 13.1. The first kappa shape index (κ1) is 16.2. The van der Waals surface area contributed by atoms with E-state index in [2.05, 4.69) is 15.9 Å². The van der Waals surface area contributed by atoms with Crippen LogP contribution in [0.2, 0.25) is 5.02 Å². The molecule has 1 atom stereocenters. The predicted molar refractivity (Wildman–Crippen MR) is 94.6 cm³/mol. The molecule has 1 aliphatic heterocycles. The number of amides is 2. The average molecular weight is 393 g/mol. The zero-order valence-electron chi connectivity index (χ0n) is 12.6. The first-order valence-corrected chi connectivity index (χ1v) is 8.51. The number of hydrogen-bond acceptors (Lipinski definition) is 2. The fraction of sp³-hybridized carbons (Fsp3) is 0.222. The summed E-state index contributed by atoms with van der Waals surface area (Å²) >= 11 is 9.51. The van der Waals surface area contributed by atoms with E-state index >= 15 is 0 Å². The van der Waals surface area contributed by atoms with Gasteiger partial charge in [-0.1, -0.05) is 45.7 Å². The molecule has 1 saturated heterocycles. The molecule has 0 saturated carbocycles. The minimum atomic E-state index is -0.318. The Labute approximate surface area is 148 Å². The lowest BCUT2D eigenvalue weighted by Crippen LogP contribution is -2.31. The molecular weight excluding hydrogens is 378 g/mol. The van der Waals surface area contributed by atoms with Gasteiger partial charge < -0.3 is 0 Å². The maximum Gasteiger partial charge on any atom is 0.237 e. The highest BCUT2D eigenvalue weighted by Gasteiger charge is 2.40. The second-order valence-electron chi connectivity index (χ2n) is 5.68. The minimum absolute atomic E-state index is 0.150. The number of anilines is 1. The van der Waals surface area contributed by atoms with Crippen molar-refractivity contribution in [2.24, 2.45) is 5.92 Å². The number of rotatable bonds is 3. The summed E-state index contributed by atoms with van der Waals surface area (Å²) in [5.41, 5.74) is 2.38. The topological polar surface area (TPSA) is 37.4 Å². The van der Waals surface area contributed by atoms with Crippen LogP contribution in [0.15, 0.2) is 46.9 Å². The zero-order chi connectivity index (χ0) is 16.6. The lowest BCUT2D eigenvalue weighted by Gasteiger charge is -2.18. The molecule has 1 aliphatic rings. The zero-order valence-corrected chi connectivity index (χ0v) is 14.9. The van der Waals surface area contributed by atoms with Gasteiger partial charge in [0.1, 0.15) is 0 Å². The van der Waals surface area contributed by atoms with Crippen molar-refractivity contribution in [3.63, 3.8) is 0 Å². The third-order valence-corrected chi connectivity index (χ3v) is 5.05. The lowest BCUT2D eigenvalue weighted by molar-refractivity contribution is -0.122. The molecule has 0 aromatic heterocycles. The molecule has 0 N–H and O–H groups in total. The van der Waals surface area contributed by atoms with Gasteiger partial charge in [-0.25, -0.2) is 4.90 Å². The fourth-order valence-electron chi connectivity index (χ4n) is 2.85. The number of nitrogens with zero attached hydrogens (tertiary/aromatic N) is 1. The maximum absolute atomic E-state index is 12.7. The van der Waals surface area contributed by atoms with E-state index in [9.17, 15) is 9.59 Å². The van der Waals surface area contributed by atoms with E-state index in [1.807, 2.05) is 31.2 Å². The molecule has 0 bridgehead atoms. The van der Waals surface area contributed by atoms with Gasteiger partial charge in [-0.15, -0.1) is 0 Å². The van der Waals surface area contributed by atoms with Gasteiger partial charge in [0.25, 0.3) is 0 Å². The molecular formula is C18H15BrClNO2. The Bertz CT molecular complexity index is 773. The number of carbonyl (C=O) groups is 2. The van der Waals surface area contributed by atoms with Gasteiger partial charge >= 0.3 is 0 Å². The van der Waals surface area contributed by atoms with Crippen LogP contribution in [-0.4, -0.2) is 11.8 Å². The van der Waals surface area contributed by atoms with Crippen molar-refractivity contribution in [2.45, 2.75) is 19.8 Å². The van der Waals surface area contributed by atoms with Crippen LogP contribution in [-0.2, 0) is 16.0 Å². The molecule has 2 aromatic rings. The summed E-state index contributed by atoms with van der Waals surface area (Å²) in [6.07, 6.45) is 0.800. The summed E-state index contributed by atoms with van der Waals surface area (Å²) in [6.45, 7) is 1.82. The van der Waals surface area contributed by atoms with Crippen molar-refractivity contribution >= 4 is 45.0 Å². The van der Waals surface area contributed by atoms with Crippen LogP contribution in [0.3, 0.4) is 0 Å². The second kappa shape index (κ2) is 6.46. The molecule has 0 radical (unpaired) electrons. The molecule has 118 valence electrons. The number of carbonyl (C=O) groups excluding carboxylic acids is 2. The maximum atomic E-state index is 12.7. The third-order valence-electron chi connectivity index (χ3n) is 4.12. The number of halogens is 2. The predicted octanol–water partition coefficient (Wildman–Crippen LogP) is 4.53. The van der Waals surface area contributed by atoms with Crippen LogP contribution in [0.25, 0.3) is 0 Å². The third kappa shape index (κ3) is 3.19.